The number of amides is 1. The van der Waals surface area contributed by atoms with E-state index < -0.39 is 41.4 Å². The molecule has 0 radical (unpaired) electrons. The maximum Gasteiger partial charge on any atom is 0.335 e. The molecule has 2 aliphatic rings. The molecule has 1 fully saturated rings. The van der Waals surface area contributed by atoms with Gasteiger partial charge < -0.3 is 24.4 Å². The molecule has 16 heteroatoms. The second kappa shape index (κ2) is 19.0. The summed E-state index contributed by atoms with van der Waals surface area (Å²) in [5.41, 5.74) is 2.09. The Kier molecular flexibility index (Phi) is 13.6. The summed E-state index contributed by atoms with van der Waals surface area (Å²) in [5, 5.41) is 3.57. The molecule has 0 spiro atoms. The first-order chi connectivity index (χ1) is 28.9. The highest BCUT2D eigenvalue weighted by molar-refractivity contribution is 5.99. The maximum atomic E-state index is 15.8. The third kappa shape index (κ3) is 9.18. The number of alkyl halides is 2. The van der Waals surface area contributed by atoms with Crippen LogP contribution in [0, 0.1) is 12.7 Å². The largest absolute Gasteiger partial charge is 0.493 e. The lowest BCUT2D eigenvalue weighted by Gasteiger charge is -2.29. The molecule has 5 heterocycles. The van der Waals surface area contributed by atoms with Crippen molar-refractivity contribution in [2.45, 2.75) is 53.0 Å². The summed E-state index contributed by atoms with van der Waals surface area (Å²) in [6.07, 6.45) is 2.87. The number of carbonyl (C=O) groups is 2. The fourth-order valence-corrected chi connectivity index (χ4v) is 7.16. The Morgan fingerprint density at radius 3 is 2.45 bits per heavy atom. The molecule has 0 aliphatic carbocycles. The van der Waals surface area contributed by atoms with Crippen molar-refractivity contribution >= 4 is 39.4 Å². The molecule has 6 aromatic rings. The summed E-state index contributed by atoms with van der Waals surface area (Å²) in [4.78, 5) is 65.8. The number of hydrogen-bond donors (Lipinski definition) is 1. The zero-order valence-corrected chi connectivity index (χ0v) is 33.8. The van der Waals surface area contributed by atoms with Crippen molar-refractivity contribution in [3.8, 4) is 17.2 Å². The standard InChI is InChI=1S/C40H35FN6O7.C2H4F2.C2H6/c1-23-18-26(46-13-16-52-17-14-46)21-30(41)35(23)37(48)44-31(39(50)54-27-6-8-34-25(19-27)10-15-53-34)20-24-5-7-32(36-28(24)4-3-11-43-36)47-38(49)29-9-12-42-22-33(29)45(2)40(47)51;1-2(3)4;1-2/h3-9,11-12,18-19,21-22,31H,10,13-17,20H2,1-2H3,(H,44,48);2H,1H3;1-2H3/t31-;;/m0../s1. The first kappa shape index (κ1) is 43.0. The van der Waals surface area contributed by atoms with Crippen molar-refractivity contribution in [3.05, 3.63) is 128 Å². The molecule has 3 aromatic heterocycles. The number of nitrogens with one attached hydrogen (secondary N) is 1. The number of aryl methyl sites for hydroxylation is 2. The van der Waals surface area contributed by atoms with E-state index in [0.717, 1.165) is 17.1 Å². The Bertz CT molecular complexity index is 2640. The predicted molar refractivity (Wildman–Crippen MR) is 221 cm³/mol. The average Bonchev–Trinajstić information content (AvgIpc) is 3.72. The van der Waals surface area contributed by atoms with Gasteiger partial charge in [0, 0.05) is 62.0 Å². The molecule has 0 unspecified atom stereocenters. The van der Waals surface area contributed by atoms with Crippen molar-refractivity contribution in [3.63, 3.8) is 0 Å². The molecule has 1 N–H and O–H groups in total. The van der Waals surface area contributed by atoms with Gasteiger partial charge in [-0.05, 0) is 73.5 Å². The maximum absolute atomic E-state index is 15.8. The highest BCUT2D eigenvalue weighted by Gasteiger charge is 2.29. The number of ether oxygens (including phenoxy) is 3. The second-order valence-electron chi connectivity index (χ2n) is 13.8. The van der Waals surface area contributed by atoms with Crippen LogP contribution in [0.1, 0.15) is 47.8 Å². The van der Waals surface area contributed by atoms with Gasteiger partial charge in [-0.2, -0.15) is 0 Å². The molecule has 1 saturated heterocycles. The van der Waals surface area contributed by atoms with Gasteiger partial charge in [-0.15, -0.1) is 0 Å². The zero-order valence-electron chi connectivity index (χ0n) is 33.8. The second-order valence-corrected chi connectivity index (χ2v) is 13.8. The Morgan fingerprint density at radius 2 is 1.72 bits per heavy atom. The smallest absolute Gasteiger partial charge is 0.335 e. The number of benzene rings is 3. The fourth-order valence-electron chi connectivity index (χ4n) is 7.16. The van der Waals surface area contributed by atoms with E-state index in [1.165, 1.54) is 29.2 Å². The quantitative estimate of drug-likeness (QED) is 0.141. The molecular weight excluding hydrogens is 782 g/mol. The SMILES string of the molecule is CC.CC(F)F.Cc1cc(N2CCOCC2)cc(F)c1C(=O)N[C@@H](Cc1ccc(-n2c(=O)c3ccncc3n(C)c2=O)c2ncccc12)C(=O)Oc1ccc2c(c1)CCO2. The van der Waals surface area contributed by atoms with Gasteiger partial charge in [-0.1, -0.05) is 26.0 Å². The average molecular weight is 827 g/mol. The predicted octanol–water partition coefficient (Wildman–Crippen LogP) is 6.10. The van der Waals surface area contributed by atoms with Crippen molar-refractivity contribution < 1.29 is 37.0 Å². The summed E-state index contributed by atoms with van der Waals surface area (Å²) in [6, 6.07) is 15.1. The Hall–Kier alpha value is -6.55. The van der Waals surface area contributed by atoms with E-state index in [2.05, 4.69) is 15.3 Å². The van der Waals surface area contributed by atoms with Gasteiger partial charge in [0.25, 0.3) is 11.5 Å². The number of aromatic nitrogens is 4. The van der Waals surface area contributed by atoms with Crippen LogP contribution in [0.15, 0.2) is 88.8 Å². The van der Waals surface area contributed by atoms with Crippen LogP contribution < -0.4 is 30.9 Å². The van der Waals surface area contributed by atoms with E-state index >= 15 is 4.39 Å². The lowest BCUT2D eigenvalue weighted by molar-refractivity contribution is -0.136. The highest BCUT2D eigenvalue weighted by atomic mass is 19.3. The Balaban J connectivity index is 0.000000951. The molecule has 1 amide bonds. The lowest BCUT2D eigenvalue weighted by atomic mass is 9.99. The van der Waals surface area contributed by atoms with Crippen LogP contribution in [0.5, 0.6) is 11.5 Å². The Morgan fingerprint density at radius 1 is 0.967 bits per heavy atom. The number of esters is 1. The van der Waals surface area contributed by atoms with Crippen molar-refractivity contribution in [1.82, 2.24) is 24.4 Å². The van der Waals surface area contributed by atoms with Gasteiger partial charge in [0.15, 0.2) is 0 Å². The molecule has 3 aromatic carbocycles. The number of nitrogens with zero attached hydrogens (tertiary/aromatic N) is 5. The topological polar surface area (TPSA) is 147 Å². The molecule has 1 atom stereocenters. The van der Waals surface area contributed by atoms with Crippen molar-refractivity contribution in [2.75, 3.05) is 37.8 Å². The van der Waals surface area contributed by atoms with Crippen LogP contribution in [0.4, 0.5) is 18.9 Å². The van der Waals surface area contributed by atoms with Crippen LogP contribution >= 0.6 is 0 Å². The van der Waals surface area contributed by atoms with E-state index in [-0.39, 0.29) is 23.4 Å². The highest BCUT2D eigenvalue weighted by Crippen LogP contribution is 2.30. The molecule has 314 valence electrons. The van der Waals surface area contributed by atoms with Gasteiger partial charge in [0.2, 0.25) is 6.43 Å². The van der Waals surface area contributed by atoms with Crippen LogP contribution in [0.3, 0.4) is 0 Å². The van der Waals surface area contributed by atoms with E-state index in [1.54, 1.807) is 68.6 Å². The molecule has 0 saturated carbocycles. The molecule has 13 nitrogen and oxygen atoms in total. The molecule has 2 aliphatic heterocycles. The first-order valence-corrected chi connectivity index (χ1v) is 19.5. The Labute approximate surface area is 343 Å². The van der Waals surface area contributed by atoms with E-state index in [0.29, 0.717) is 83.7 Å². The minimum atomic E-state index is -2.17. The summed E-state index contributed by atoms with van der Waals surface area (Å²) in [7, 11) is 1.56. The van der Waals surface area contributed by atoms with E-state index in [4.69, 9.17) is 14.2 Å². The van der Waals surface area contributed by atoms with Gasteiger partial charge in [0.05, 0.1) is 53.7 Å². The summed E-state index contributed by atoms with van der Waals surface area (Å²) < 4.78 is 55.7. The van der Waals surface area contributed by atoms with Gasteiger partial charge >= 0.3 is 11.7 Å². The summed E-state index contributed by atoms with van der Waals surface area (Å²) in [6.45, 7) is 9.22. The zero-order chi connectivity index (χ0) is 43.1. The van der Waals surface area contributed by atoms with Gasteiger partial charge in [0.1, 0.15) is 23.4 Å². The van der Waals surface area contributed by atoms with Crippen molar-refractivity contribution in [2.24, 2.45) is 7.05 Å². The normalized spacial score (nSPS) is 13.7. The number of pyridine rings is 2. The molecule has 60 heavy (non-hydrogen) atoms. The number of fused-ring (bicyclic) bond motifs is 3. The summed E-state index contributed by atoms with van der Waals surface area (Å²) >= 11 is 0. The monoisotopic (exact) mass is 826 g/mol. The van der Waals surface area contributed by atoms with Crippen LogP contribution in [0.25, 0.3) is 27.5 Å². The first-order valence-electron chi connectivity index (χ1n) is 19.5. The molecule has 0 bridgehead atoms. The molecule has 8 rings (SSSR count). The van der Waals surface area contributed by atoms with Crippen LogP contribution in [-0.4, -0.2) is 76.4 Å². The van der Waals surface area contributed by atoms with Crippen molar-refractivity contribution in [1.29, 1.82) is 0 Å². The van der Waals surface area contributed by atoms with Gasteiger partial charge in [-0.25, -0.2) is 27.3 Å². The minimum Gasteiger partial charge on any atom is -0.493 e. The van der Waals surface area contributed by atoms with Crippen LogP contribution in [0.2, 0.25) is 0 Å². The molecular formula is C44H45F3N6O7. The van der Waals surface area contributed by atoms with E-state index in [1.807, 2.05) is 18.7 Å². The third-order valence-corrected chi connectivity index (χ3v) is 9.92. The lowest BCUT2D eigenvalue weighted by Crippen LogP contribution is -2.45. The van der Waals surface area contributed by atoms with Gasteiger partial charge in [-0.3, -0.25) is 24.1 Å². The van der Waals surface area contributed by atoms with E-state index in [9.17, 15) is 28.0 Å². The fraction of sp³-hybridized carbons (Fsp3) is 0.318. The summed E-state index contributed by atoms with van der Waals surface area (Å²) in [5.74, 6) is -1.31. The number of halogens is 3. The number of anilines is 1. The number of carbonyl (C=O) groups excluding carboxylic acids is 2. The van der Waals surface area contributed by atoms with Crippen LogP contribution in [-0.2, 0) is 29.4 Å². The third-order valence-electron chi connectivity index (χ3n) is 9.92. The number of hydrogen-bond acceptors (Lipinski definition) is 10. The minimum absolute atomic E-state index is 0.0933. The number of rotatable bonds is 8. The number of morpholine rings is 1.